The predicted octanol–water partition coefficient (Wildman–Crippen LogP) is 3.04. The van der Waals surface area contributed by atoms with Crippen LogP contribution in [0.2, 0.25) is 0 Å². The molecule has 0 saturated heterocycles. The number of halogens is 2. The fourth-order valence-corrected chi connectivity index (χ4v) is 2.35. The maximum Gasteiger partial charge on any atom is 0.224 e. The average Bonchev–Trinajstić information content (AvgIpc) is 3.41. The molecule has 1 fully saturated rings. The molecule has 0 amide bonds. The molecule has 1 aliphatic carbocycles. The second-order valence-electron chi connectivity index (χ2n) is 5.88. The Morgan fingerprint density at radius 1 is 1.08 bits per heavy atom. The molecular formula is C17H20F2N4O. The fourth-order valence-electron chi connectivity index (χ4n) is 2.35. The third-order valence-corrected chi connectivity index (χ3v) is 3.82. The van der Waals surface area contributed by atoms with Crippen LogP contribution in [-0.4, -0.2) is 28.2 Å². The summed E-state index contributed by atoms with van der Waals surface area (Å²) in [5.41, 5.74) is 1.61. The van der Waals surface area contributed by atoms with Crippen molar-refractivity contribution in [3.63, 3.8) is 0 Å². The lowest BCUT2D eigenvalue weighted by molar-refractivity contribution is 0.292. The highest BCUT2D eigenvalue weighted by Crippen LogP contribution is 2.39. The molecule has 1 aromatic carbocycles. The molecule has 0 bridgehead atoms. The maximum absolute atomic E-state index is 13.3. The van der Waals surface area contributed by atoms with Crippen molar-refractivity contribution in [3.8, 4) is 0 Å². The van der Waals surface area contributed by atoms with Gasteiger partial charge < -0.3 is 15.7 Å². The van der Waals surface area contributed by atoms with E-state index in [-0.39, 0.29) is 6.61 Å². The standard InChI is InChI=1S/C17H20F2N4O/c18-13-5-2-11(8-14(13)19)10-21-16-9-15(12-3-4-12)22-17(23-16)20-6-1-7-24/h2,5,8-9,12,24H,1,3-4,6-7,10H2,(H2,20,21,22,23). The van der Waals surface area contributed by atoms with Crippen LogP contribution in [0.25, 0.3) is 0 Å². The van der Waals surface area contributed by atoms with E-state index in [1.165, 1.54) is 12.1 Å². The monoisotopic (exact) mass is 334 g/mol. The Balaban J connectivity index is 1.69. The molecule has 1 saturated carbocycles. The van der Waals surface area contributed by atoms with Crippen molar-refractivity contribution in [2.24, 2.45) is 0 Å². The molecule has 3 N–H and O–H groups in total. The fraction of sp³-hybridized carbons (Fsp3) is 0.412. The summed E-state index contributed by atoms with van der Waals surface area (Å²) in [6, 6.07) is 5.72. The number of nitrogens with zero attached hydrogens (tertiary/aromatic N) is 2. The van der Waals surface area contributed by atoms with Gasteiger partial charge in [-0.3, -0.25) is 0 Å². The van der Waals surface area contributed by atoms with Crippen molar-refractivity contribution >= 4 is 11.8 Å². The molecule has 5 nitrogen and oxygen atoms in total. The van der Waals surface area contributed by atoms with E-state index in [1.54, 1.807) is 0 Å². The summed E-state index contributed by atoms with van der Waals surface area (Å²) in [4.78, 5) is 8.88. The summed E-state index contributed by atoms with van der Waals surface area (Å²) < 4.78 is 26.2. The van der Waals surface area contributed by atoms with Gasteiger partial charge in [0.15, 0.2) is 11.6 Å². The van der Waals surface area contributed by atoms with Gasteiger partial charge in [-0.15, -0.1) is 0 Å². The van der Waals surface area contributed by atoms with Crippen LogP contribution < -0.4 is 10.6 Å². The lowest BCUT2D eigenvalue weighted by Gasteiger charge is -2.11. The van der Waals surface area contributed by atoms with Crippen molar-refractivity contribution in [3.05, 3.63) is 47.2 Å². The summed E-state index contributed by atoms with van der Waals surface area (Å²) in [6.07, 6.45) is 2.86. The minimum absolute atomic E-state index is 0.108. The lowest BCUT2D eigenvalue weighted by Crippen LogP contribution is -2.10. The zero-order valence-corrected chi connectivity index (χ0v) is 13.2. The second kappa shape index (κ2) is 7.53. The zero-order valence-electron chi connectivity index (χ0n) is 13.2. The Labute approximate surface area is 139 Å². The van der Waals surface area contributed by atoms with Gasteiger partial charge in [0.2, 0.25) is 5.95 Å². The van der Waals surface area contributed by atoms with Crippen molar-refractivity contribution < 1.29 is 13.9 Å². The highest BCUT2D eigenvalue weighted by atomic mass is 19.2. The van der Waals surface area contributed by atoms with Crippen LogP contribution >= 0.6 is 0 Å². The predicted molar refractivity (Wildman–Crippen MR) is 87.9 cm³/mol. The van der Waals surface area contributed by atoms with Crippen LogP contribution in [-0.2, 0) is 6.54 Å². The topological polar surface area (TPSA) is 70.1 Å². The Morgan fingerprint density at radius 3 is 2.62 bits per heavy atom. The van der Waals surface area contributed by atoms with Crippen LogP contribution in [0.4, 0.5) is 20.5 Å². The molecule has 1 heterocycles. The minimum Gasteiger partial charge on any atom is -0.396 e. The first-order chi connectivity index (χ1) is 11.7. The number of hydrogen-bond donors (Lipinski definition) is 3. The maximum atomic E-state index is 13.3. The molecule has 24 heavy (non-hydrogen) atoms. The van der Waals surface area contributed by atoms with E-state index in [4.69, 9.17) is 5.11 Å². The number of nitrogens with one attached hydrogen (secondary N) is 2. The number of hydrogen-bond acceptors (Lipinski definition) is 5. The quantitative estimate of drug-likeness (QED) is 0.647. The Bertz CT molecular complexity index is 707. The Hall–Kier alpha value is -2.28. The molecular weight excluding hydrogens is 314 g/mol. The summed E-state index contributed by atoms with van der Waals surface area (Å²) in [5.74, 6) is -0.0897. The van der Waals surface area contributed by atoms with E-state index in [0.29, 0.717) is 42.8 Å². The van der Waals surface area contributed by atoms with Crippen molar-refractivity contribution in [1.82, 2.24) is 9.97 Å². The number of aromatic nitrogens is 2. The first-order valence-electron chi connectivity index (χ1n) is 8.07. The number of aliphatic hydroxyl groups is 1. The third kappa shape index (κ3) is 4.38. The van der Waals surface area contributed by atoms with Gasteiger partial charge in [-0.25, -0.2) is 13.8 Å². The van der Waals surface area contributed by atoms with Gasteiger partial charge in [0, 0.05) is 31.7 Å². The summed E-state index contributed by atoms with van der Waals surface area (Å²) >= 11 is 0. The molecule has 7 heteroatoms. The van der Waals surface area contributed by atoms with E-state index in [0.717, 1.165) is 24.6 Å². The van der Waals surface area contributed by atoms with Crippen LogP contribution in [0, 0.1) is 11.6 Å². The number of benzene rings is 1. The largest absolute Gasteiger partial charge is 0.396 e. The van der Waals surface area contributed by atoms with E-state index in [9.17, 15) is 8.78 Å². The van der Waals surface area contributed by atoms with Crippen molar-refractivity contribution in [1.29, 1.82) is 0 Å². The highest BCUT2D eigenvalue weighted by Gasteiger charge is 2.26. The molecule has 0 radical (unpaired) electrons. The molecule has 3 rings (SSSR count). The molecule has 0 aliphatic heterocycles. The molecule has 0 atom stereocenters. The van der Waals surface area contributed by atoms with E-state index in [2.05, 4.69) is 20.6 Å². The van der Waals surface area contributed by atoms with Crippen molar-refractivity contribution in [2.45, 2.75) is 31.7 Å². The molecule has 128 valence electrons. The van der Waals surface area contributed by atoms with E-state index < -0.39 is 11.6 Å². The van der Waals surface area contributed by atoms with Crippen LogP contribution in [0.15, 0.2) is 24.3 Å². The van der Waals surface area contributed by atoms with Gasteiger partial charge in [0.05, 0.1) is 5.69 Å². The molecule has 1 aromatic heterocycles. The smallest absolute Gasteiger partial charge is 0.224 e. The second-order valence-corrected chi connectivity index (χ2v) is 5.88. The molecule has 1 aliphatic rings. The van der Waals surface area contributed by atoms with Crippen LogP contribution in [0.5, 0.6) is 0 Å². The lowest BCUT2D eigenvalue weighted by atomic mass is 10.2. The van der Waals surface area contributed by atoms with Gasteiger partial charge in [0.1, 0.15) is 5.82 Å². The average molecular weight is 334 g/mol. The van der Waals surface area contributed by atoms with Crippen LogP contribution in [0.1, 0.15) is 36.4 Å². The summed E-state index contributed by atoms with van der Waals surface area (Å²) in [7, 11) is 0. The molecule has 0 spiro atoms. The van der Waals surface area contributed by atoms with Gasteiger partial charge in [-0.2, -0.15) is 4.98 Å². The number of anilines is 2. The Kier molecular flexibility index (Phi) is 5.20. The van der Waals surface area contributed by atoms with Crippen molar-refractivity contribution in [2.75, 3.05) is 23.8 Å². The van der Waals surface area contributed by atoms with E-state index in [1.807, 2.05) is 6.07 Å². The first-order valence-corrected chi connectivity index (χ1v) is 8.07. The molecule has 2 aromatic rings. The molecule has 0 unspecified atom stereocenters. The Morgan fingerprint density at radius 2 is 1.92 bits per heavy atom. The van der Waals surface area contributed by atoms with Gasteiger partial charge in [-0.1, -0.05) is 6.07 Å². The minimum atomic E-state index is -0.859. The summed E-state index contributed by atoms with van der Waals surface area (Å²) in [5, 5.41) is 15.1. The number of aliphatic hydroxyl groups excluding tert-OH is 1. The van der Waals surface area contributed by atoms with Gasteiger partial charge in [-0.05, 0) is 37.0 Å². The van der Waals surface area contributed by atoms with E-state index >= 15 is 0 Å². The third-order valence-electron chi connectivity index (χ3n) is 3.82. The van der Waals surface area contributed by atoms with Gasteiger partial charge in [0.25, 0.3) is 0 Å². The highest BCUT2D eigenvalue weighted by molar-refractivity contribution is 5.44. The van der Waals surface area contributed by atoms with Gasteiger partial charge >= 0.3 is 0 Å². The van der Waals surface area contributed by atoms with Crippen LogP contribution in [0.3, 0.4) is 0 Å². The first kappa shape index (κ1) is 16.6. The SMILES string of the molecule is OCCCNc1nc(NCc2ccc(F)c(F)c2)cc(C2CC2)n1. The number of rotatable bonds is 8. The summed E-state index contributed by atoms with van der Waals surface area (Å²) in [6.45, 7) is 1.04. The normalized spacial score (nSPS) is 13.8. The zero-order chi connectivity index (χ0) is 16.9.